The monoisotopic (exact) mass is 626 g/mol. The lowest BCUT2D eigenvalue weighted by atomic mass is 9.96. The van der Waals surface area contributed by atoms with Gasteiger partial charge in [0.05, 0.1) is 35.6 Å². The van der Waals surface area contributed by atoms with Crippen molar-refractivity contribution in [1.29, 1.82) is 0 Å². The van der Waals surface area contributed by atoms with Gasteiger partial charge < -0.3 is 13.9 Å². The number of rotatable bonds is 6. The van der Waals surface area contributed by atoms with E-state index in [1.807, 2.05) is 48.5 Å². The Kier molecular flexibility index (Phi) is 7.16. The van der Waals surface area contributed by atoms with Crippen molar-refractivity contribution in [3.63, 3.8) is 0 Å². The van der Waals surface area contributed by atoms with Gasteiger partial charge in [0.15, 0.2) is 4.80 Å². The van der Waals surface area contributed by atoms with E-state index in [0.29, 0.717) is 37.9 Å². The Hall–Kier alpha value is -3.44. The van der Waals surface area contributed by atoms with Gasteiger partial charge in [0.25, 0.3) is 5.56 Å². The molecule has 0 N–H and O–H groups in total. The average Bonchev–Trinajstić information content (AvgIpc) is 3.48. The average molecular weight is 626 g/mol. The number of esters is 1. The SMILES string of the molecule is CCOC(=O)C1=C(C)N=c2s/c(=C\c3ccc(-c4ccc(I)cc4)o3)c(=O)n2[C@H]1c1ccc(OC)cc1. The van der Waals surface area contributed by atoms with Crippen LogP contribution in [0.3, 0.4) is 0 Å². The van der Waals surface area contributed by atoms with E-state index in [9.17, 15) is 9.59 Å². The Bertz CT molecular complexity index is 1680. The van der Waals surface area contributed by atoms with E-state index in [1.165, 1.54) is 11.3 Å². The molecule has 7 nitrogen and oxygen atoms in total. The van der Waals surface area contributed by atoms with Crippen molar-refractivity contribution in [2.24, 2.45) is 4.99 Å². The van der Waals surface area contributed by atoms with Crippen LogP contribution >= 0.6 is 33.9 Å². The fourth-order valence-electron chi connectivity index (χ4n) is 4.22. The maximum atomic E-state index is 13.7. The summed E-state index contributed by atoms with van der Waals surface area (Å²) in [7, 11) is 1.59. The molecule has 0 saturated carbocycles. The van der Waals surface area contributed by atoms with Crippen LogP contribution in [0.5, 0.6) is 5.75 Å². The minimum atomic E-state index is -0.678. The number of thiazole rings is 1. The van der Waals surface area contributed by atoms with Crippen molar-refractivity contribution >= 4 is 46.0 Å². The molecule has 2 aromatic carbocycles. The van der Waals surface area contributed by atoms with E-state index >= 15 is 0 Å². The third kappa shape index (κ3) is 4.93. The zero-order chi connectivity index (χ0) is 26.1. The number of aromatic nitrogens is 1. The van der Waals surface area contributed by atoms with Crippen LogP contribution in [-0.2, 0) is 9.53 Å². The first-order valence-corrected chi connectivity index (χ1v) is 13.5. The van der Waals surface area contributed by atoms with Gasteiger partial charge in [-0.15, -0.1) is 0 Å². The van der Waals surface area contributed by atoms with E-state index in [4.69, 9.17) is 13.9 Å². The van der Waals surface area contributed by atoms with Crippen LogP contribution in [-0.4, -0.2) is 24.3 Å². The molecule has 188 valence electrons. The van der Waals surface area contributed by atoms with Gasteiger partial charge in [-0.05, 0) is 78.4 Å². The van der Waals surface area contributed by atoms with Gasteiger partial charge in [-0.3, -0.25) is 9.36 Å². The molecule has 5 rings (SSSR count). The third-order valence-electron chi connectivity index (χ3n) is 5.98. The Balaban J connectivity index is 1.62. The highest BCUT2D eigenvalue weighted by molar-refractivity contribution is 14.1. The van der Waals surface area contributed by atoms with E-state index in [2.05, 4.69) is 27.6 Å². The summed E-state index contributed by atoms with van der Waals surface area (Å²) in [6.07, 6.45) is 1.72. The Morgan fingerprint density at radius 3 is 2.54 bits per heavy atom. The third-order valence-corrected chi connectivity index (χ3v) is 7.68. The number of fused-ring (bicyclic) bond motifs is 1. The Labute approximate surface area is 230 Å². The molecule has 0 fully saturated rings. The van der Waals surface area contributed by atoms with E-state index in [-0.39, 0.29) is 12.2 Å². The lowest BCUT2D eigenvalue weighted by molar-refractivity contribution is -0.139. The molecule has 4 aromatic rings. The first-order valence-electron chi connectivity index (χ1n) is 11.6. The molecule has 37 heavy (non-hydrogen) atoms. The molecule has 0 aliphatic carbocycles. The highest BCUT2D eigenvalue weighted by Crippen LogP contribution is 2.31. The number of benzene rings is 2. The maximum absolute atomic E-state index is 13.7. The molecule has 1 atom stereocenters. The second kappa shape index (κ2) is 10.5. The number of methoxy groups -OCH3 is 1. The van der Waals surface area contributed by atoms with E-state index < -0.39 is 12.0 Å². The van der Waals surface area contributed by atoms with Crippen molar-refractivity contribution in [2.75, 3.05) is 13.7 Å². The predicted molar refractivity (Wildman–Crippen MR) is 150 cm³/mol. The van der Waals surface area contributed by atoms with Crippen LogP contribution in [0.4, 0.5) is 0 Å². The molecule has 1 aliphatic heterocycles. The van der Waals surface area contributed by atoms with Gasteiger partial charge in [-0.2, -0.15) is 0 Å². The highest BCUT2D eigenvalue weighted by atomic mass is 127. The van der Waals surface area contributed by atoms with Crippen molar-refractivity contribution in [2.45, 2.75) is 19.9 Å². The molecule has 0 bridgehead atoms. The van der Waals surface area contributed by atoms with Gasteiger partial charge in [-0.25, -0.2) is 9.79 Å². The lowest BCUT2D eigenvalue weighted by Crippen LogP contribution is -2.39. The number of carbonyl (C=O) groups excluding carboxylic acids is 1. The molecule has 9 heteroatoms. The first-order chi connectivity index (χ1) is 17.9. The van der Waals surface area contributed by atoms with Gasteiger partial charge in [0.2, 0.25) is 0 Å². The van der Waals surface area contributed by atoms with Gasteiger partial charge >= 0.3 is 5.97 Å². The number of furan rings is 1. The summed E-state index contributed by atoms with van der Waals surface area (Å²) in [6.45, 7) is 3.73. The van der Waals surface area contributed by atoms with E-state index in [1.54, 1.807) is 43.7 Å². The number of carbonyl (C=O) groups is 1. The second-order valence-electron chi connectivity index (χ2n) is 8.28. The van der Waals surface area contributed by atoms with Crippen molar-refractivity contribution < 1.29 is 18.7 Å². The number of ether oxygens (including phenoxy) is 2. The molecule has 3 heterocycles. The van der Waals surface area contributed by atoms with E-state index in [0.717, 1.165) is 14.7 Å². The molecule has 2 aromatic heterocycles. The number of allylic oxidation sites excluding steroid dienone is 1. The molecule has 0 unspecified atom stereocenters. The summed E-state index contributed by atoms with van der Waals surface area (Å²) < 4.78 is 19.8. The summed E-state index contributed by atoms with van der Waals surface area (Å²) in [5, 5.41) is 0. The first kappa shape index (κ1) is 25.2. The standard InChI is InChI=1S/C28H23IN2O5S/c1-4-35-27(33)24-16(2)30-28-31(25(24)18-7-11-20(34-3)12-8-18)26(32)23(37-28)15-21-13-14-22(36-21)17-5-9-19(29)10-6-17/h5-15,25H,4H2,1-3H3/b23-15-/t25-/m0/s1. The number of nitrogens with zero attached hydrogens (tertiary/aromatic N) is 2. The Morgan fingerprint density at radius 2 is 1.86 bits per heavy atom. The van der Waals surface area contributed by atoms with Crippen LogP contribution < -0.4 is 19.6 Å². The molecule has 0 radical (unpaired) electrons. The quantitative estimate of drug-likeness (QED) is 0.230. The van der Waals surface area contributed by atoms with Gasteiger partial charge in [0, 0.05) is 15.2 Å². The summed E-state index contributed by atoms with van der Waals surface area (Å²) in [5.74, 6) is 1.46. The molecular formula is C28H23IN2O5S. The molecular weight excluding hydrogens is 603 g/mol. The van der Waals surface area contributed by atoms with Crippen LogP contribution in [0, 0.1) is 3.57 Å². The van der Waals surface area contributed by atoms with Crippen molar-refractivity contribution in [3.05, 3.63) is 107 Å². The zero-order valence-corrected chi connectivity index (χ0v) is 23.3. The van der Waals surface area contributed by atoms with Crippen molar-refractivity contribution in [1.82, 2.24) is 4.57 Å². The predicted octanol–water partition coefficient (Wildman–Crippen LogP) is 4.67. The molecule has 0 saturated heterocycles. The zero-order valence-electron chi connectivity index (χ0n) is 20.4. The van der Waals surface area contributed by atoms with Crippen molar-refractivity contribution in [3.8, 4) is 17.1 Å². The molecule has 0 amide bonds. The Morgan fingerprint density at radius 1 is 1.14 bits per heavy atom. The van der Waals surface area contributed by atoms with Crippen LogP contribution in [0.1, 0.15) is 31.2 Å². The summed E-state index contributed by atoms with van der Waals surface area (Å²) in [5.41, 5.74) is 2.31. The molecule has 0 spiro atoms. The second-order valence-corrected chi connectivity index (χ2v) is 10.5. The summed E-state index contributed by atoms with van der Waals surface area (Å²) in [6, 6.07) is 18.4. The minimum absolute atomic E-state index is 0.219. The minimum Gasteiger partial charge on any atom is -0.497 e. The topological polar surface area (TPSA) is 83.0 Å². The maximum Gasteiger partial charge on any atom is 0.338 e. The van der Waals surface area contributed by atoms with Gasteiger partial charge in [0.1, 0.15) is 17.3 Å². The summed E-state index contributed by atoms with van der Waals surface area (Å²) >= 11 is 3.51. The highest BCUT2D eigenvalue weighted by Gasteiger charge is 2.33. The van der Waals surface area contributed by atoms with Crippen LogP contribution in [0.25, 0.3) is 17.4 Å². The summed E-state index contributed by atoms with van der Waals surface area (Å²) in [4.78, 5) is 31.8. The fraction of sp³-hybridized carbons (Fsp3) is 0.179. The number of halogens is 1. The van der Waals surface area contributed by atoms with Crippen LogP contribution in [0.2, 0.25) is 0 Å². The largest absolute Gasteiger partial charge is 0.497 e. The number of hydrogen-bond donors (Lipinski definition) is 0. The molecule has 1 aliphatic rings. The van der Waals surface area contributed by atoms with Gasteiger partial charge in [-0.1, -0.05) is 35.6 Å². The lowest BCUT2D eigenvalue weighted by Gasteiger charge is -2.24. The smallest absolute Gasteiger partial charge is 0.338 e. The normalized spacial score (nSPS) is 15.4. The fourth-order valence-corrected chi connectivity index (χ4v) is 5.61. The number of hydrogen-bond acceptors (Lipinski definition) is 7. The van der Waals surface area contributed by atoms with Crippen LogP contribution in [0.15, 0.2) is 86.1 Å².